The van der Waals surface area contributed by atoms with E-state index in [1.54, 1.807) is 25.3 Å². The Balaban J connectivity index is 1.89. The second-order valence-electron chi connectivity index (χ2n) is 5.44. The van der Waals surface area contributed by atoms with Gasteiger partial charge in [0.2, 0.25) is 5.91 Å². The number of anilines is 1. The van der Waals surface area contributed by atoms with Crippen LogP contribution in [0, 0.1) is 5.82 Å². The molecule has 0 unspecified atom stereocenters. The van der Waals surface area contributed by atoms with Gasteiger partial charge in [-0.25, -0.2) is 4.39 Å². The summed E-state index contributed by atoms with van der Waals surface area (Å²) in [5, 5.41) is 5.53. The number of rotatable bonds is 9. The van der Waals surface area contributed by atoms with Gasteiger partial charge in [0, 0.05) is 30.8 Å². The monoisotopic (exact) mass is 376 g/mol. The Morgan fingerprint density at radius 3 is 2.58 bits per heavy atom. The first kappa shape index (κ1) is 19.9. The molecule has 0 atom stereocenters. The molecule has 0 bridgehead atoms. The molecule has 0 heterocycles. The molecule has 0 aliphatic rings. The number of ether oxygens (including phenoxy) is 1. The van der Waals surface area contributed by atoms with E-state index in [0.717, 1.165) is 11.3 Å². The first-order chi connectivity index (χ1) is 12.6. The second-order valence-corrected chi connectivity index (χ2v) is 6.46. The van der Waals surface area contributed by atoms with Crippen molar-refractivity contribution in [1.82, 2.24) is 5.32 Å². The van der Waals surface area contributed by atoms with E-state index in [9.17, 15) is 14.0 Å². The molecule has 5 nitrogen and oxygen atoms in total. The van der Waals surface area contributed by atoms with E-state index in [1.807, 2.05) is 6.07 Å². The molecule has 2 amide bonds. The molecular weight excluding hydrogens is 355 g/mol. The average Bonchev–Trinajstić information content (AvgIpc) is 2.65. The van der Waals surface area contributed by atoms with Gasteiger partial charge in [-0.3, -0.25) is 9.59 Å². The molecule has 138 valence electrons. The summed E-state index contributed by atoms with van der Waals surface area (Å²) >= 11 is 1.28. The van der Waals surface area contributed by atoms with Crippen LogP contribution in [0.3, 0.4) is 0 Å². The smallest absolute Gasteiger partial charge is 0.252 e. The lowest BCUT2D eigenvalue weighted by atomic mass is 10.2. The Kier molecular flexibility index (Phi) is 8.11. The molecule has 2 rings (SSSR count). The van der Waals surface area contributed by atoms with Crippen molar-refractivity contribution in [2.75, 3.05) is 31.3 Å². The van der Waals surface area contributed by atoms with E-state index >= 15 is 0 Å². The van der Waals surface area contributed by atoms with Crippen molar-refractivity contribution in [3.8, 4) is 0 Å². The fourth-order valence-electron chi connectivity index (χ4n) is 2.17. The van der Waals surface area contributed by atoms with Crippen molar-refractivity contribution < 1.29 is 18.7 Å². The van der Waals surface area contributed by atoms with Crippen LogP contribution in [-0.2, 0) is 9.53 Å². The zero-order valence-corrected chi connectivity index (χ0v) is 15.3. The number of benzene rings is 2. The van der Waals surface area contributed by atoms with Crippen LogP contribution >= 0.6 is 11.8 Å². The number of amides is 2. The van der Waals surface area contributed by atoms with Crippen LogP contribution in [0.1, 0.15) is 16.8 Å². The molecule has 0 saturated heterocycles. The quantitative estimate of drug-likeness (QED) is 0.520. The summed E-state index contributed by atoms with van der Waals surface area (Å²) in [5.74, 6) is -0.617. The van der Waals surface area contributed by atoms with Crippen LogP contribution in [0.2, 0.25) is 0 Å². The van der Waals surface area contributed by atoms with E-state index in [2.05, 4.69) is 10.6 Å². The first-order valence-electron chi connectivity index (χ1n) is 8.14. The minimum atomic E-state index is -0.359. The summed E-state index contributed by atoms with van der Waals surface area (Å²) in [6.07, 6.45) is 0.734. The SMILES string of the molecule is COCCCNC(=O)c1ccccc1SCC(=O)Nc1ccc(F)cc1. The van der Waals surface area contributed by atoms with Crippen molar-refractivity contribution in [3.05, 3.63) is 59.9 Å². The third-order valence-electron chi connectivity index (χ3n) is 3.43. The average molecular weight is 376 g/mol. The molecular formula is C19H21FN2O3S. The van der Waals surface area contributed by atoms with E-state index in [0.29, 0.717) is 24.4 Å². The van der Waals surface area contributed by atoms with E-state index in [1.165, 1.54) is 36.0 Å². The Morgan fingerprint density at radius 2 is 1.85 bits per heavy atom. The Labute approximate surface area is 156 Å². The molecule has 2 aromatic carbocycles. The molecule has 26 heavy (non-hydrogen) atoms. The summed E-state index contributed by atoms with van der Waals surface area (Å²) in [6, 6.07) is 12.7. The number of methoxy groups -OCH3 is 1. The minimum absolute atomic E-state index is 0.144. The van der Waals surface area contributed by atoms with Crippen molar-refractivity contribution in [1.29, 1.82) is 0 Å². The topological polar surface area (TPSA) is 67.4 Å². The third kappa shape index (κ3) is 6.50. The largest absolute Gasteiger partial charge is 0.385 e. The van der Waals surface area contributed by atoms with Gasteiger partial charge in [-0.2, -0.15) is 0 Å². The molecule has 0 saturated carbocycles. The Bertz CT molecular complexity index is 738. The van der Waals surface area contributed by atoms with Gasteiger partial charge in [0.25, 0.3) is 5.91 Å². The van der Waals surface area contributed by atoms with E-state index < -0.39 is 0 Å². The first-order valence-corrected chi connectivity index (χ1v) is 9.13. The molecule has 2 N–H and O–H groups in total. The van der Waals surface area contributed by atoms with E-state index in [-0.39, 0.29) is 23.4 Å². The maximum absolute atomic E-state index is 12.9. The molecule has 0 aliphatic heterocycles. The van der Waals surface area contributed by atoms with Crippen LogP contribution in [0.25, 0.3) is 0 Å². The molecule has 0 fully saturated rings. The molecule has 0 spiro atoms. The van der Waals surface area contributed by atoms with Gasteiger partial charge in [0.05, 0.1) is 11.3 Å². The summed E-state index contributed by atoms with van der Waals surface area (Å²) in [4.78, 5) is 25.1. The predicted molar refractivity (Wildman–Crippen MR) is 101 cm³/mol. The number of hydrogen-bond acceptors (Lipinski definition) is 4. The van der Waals surface area contributed by atoms with Gasteiger partial charge in [0.15, 0.2) is 0 Å². The molecule has 0 aliphatic carbocycles. The lowest BCUT2D eigenvalue weighted by Gasteiger charge is -2.10. The second kappa shape index (κ2) is 10.6. The van der Waals surface area contributed by atoms with Crippen molar-refractivity contribution in [3.63, 3.8) is 0 Å². The predicted octanol–water partition coefficient (Wildman–Crippen LogP) is 3.32. The zero-order valence-electron chi connectivity index (χ0n) is 14.5. The van der Waals surface area contributed by atoms with Crippen LogP contribution in [0.5, 0.6) is 0 Å². The zero-order chi connectivity index (χ0) is 18.8. The number of carbonyl (C=O) groups is 2. The van der Waals surface area contributed by atoms with Crippen LogP contribution in [0.15, 0.2) is 53.4 Å². The van der Waals surface area contributed by atoms with Crippen LogP contribution in [-0.4, -0.2) is 37.8 Å². The van der Waals surface area contributed by atoms with Crippen molar-refractivity contribution in [2.24, 2.45) is 0 Å². The maximum atomic E-state index is 12.9. The summed E-state index contributed by atoms with van der Waals surface area (Å²) < 4.78 is 17.8. The summed E-state index contributed by atoms with van der Waals surface area (Å²) in [5.41, 5.74) is 1.06. The lowest BCUT2D eigenvalue weighted by Crippen LogP contribution is -2.25. The number of nitrogens with one attached hydrogen (secondary N) is 2. The highest BCUT2D eigenvalue weighted by Crippen LogP contribution is 2.23. The van der Waals surface area contributed by atoms with Gasteiger partial charge in [-0.15, -0.1) is 11.8 Å². The number of thioether (sulfide) groups is 1. The lowest BCUT2D eigenvalue weighted by molar-refractivity contribution is -0.113. The van der Waals surface area contributed by atoms with E-state index in [4.69, 9.17) is 4.74 Å². The molecule has 7 heteroatoms. The molecule has 0 aromatic heterocycles. The van der Waals surface area contributed by atoms with Crippen molar-refractivity contribution >= 4 is 29.3 Å². The van der Waals surface area contributed by atoms with Crippen molar-refractivity contribution in [2.45, 2.75) is 11.3 Å². The summed E-state index contributed by atoms with van der Waals surface area (Å²) in [6.45, 7) is 1.11. The van der Waals surface area contributed by atoms with Crippen LogP contribution < -0.4 is 10.6 Å². The number of hydrogen-bond donors (Lipinski definition) is 2. The van der Waals surface area contributed by atoms with Gasteiger partial charge in [0.1, 0.15) is 5.82 Å². The van der Waals surface area contributed by atoms with Gasteiger partial charge < -0.3 is 15.4 Å². The van der Waals surface area contributed by atoms with Gasteiger partial charge in [-0.05, 0) is 42.8 Å². The highest BCUT2D eigenvalue weighted by molar-refractivity contribution is 8.00. The Morgan fingerprint density at radius 1 is 1.12 bits per heavy atom. The molecule has 0 radical (unpaired) electrons. The number of halogens is 1. The normalized spacial score (nSPS) is 10.4. The van der Waals surface area contributed by atoms with Crippen LogP contribution in [0.4, 0.5) is 10.1 Å². The van der Waals surface area contributed by atoms with Gasteiger partial charge in [-0.1, -0.05) is 12.1 Å². The standard InChI is InChI=1S/C19H21FN2O3S/c1-25-12-4-11-21-19(24)16-5-2-3-6-17(16)26-13-18(23)22-15-9-7-14(20)8-10-15/h2-3,5-10H,4,11-13H2,1H3,(H,21,24)(H,22,23). The maximum Gasteiger partial charge on any atom is 0.252 e. The summed E-state index contributed by atoms with van der Waals surface area (Å²) in [7, 11) is 1.62. The minimum Gasteiger partial charge on any atom is -0.385 e. The Hall–Kier alpha value is -2.38. The van der Waals surface area contributed by atoms with Gasteiger partial charge >= 0.3 is 0 Å². The fourth-order valence-corrected chi connectivity index (χ4v) is 3.02. The third-order valence-corrected chi connectivity index (χ3v) is 4.50. The highest BCUT2D eigenvalue weighted by Gasteiger charge is 2.12. The molecule has 2 aromatic rings. The highest BCUT2D eigenvalue weighted by atomic mass is 32.2. The fraction of sp³-hybridized carbons (Fsp3) is 0.263. The number of carbonyl (C=O) groups excluding carboxylic acids is 2.